The minimum absolute atomic E-state index is 0.0870. The number of nitro benzene ring substituents is 1. The van der Waals surface area contributed by atoms with Gasteiger partial charge in [0.2, 0.25) is 11.8 Å². The Morgan fingerprint density at radius 1 is 1.03 bits per heavy atom. The van der Waals surface area contributed by atoms with E-state index in [1.54, 1.807) is 6.07 Å². The summed E-state index contributed by atoms with van der Waals surface area (Å²) in [5, 5.41) is 16.0. The standard InChI is InChI=1S/C24H26FN3O8/c1-14(29)26-20(12-15-5-4-6-17(25)11-15)23(31)27-22(24(32)36-3)19(13-21(30)35-2)16-7-9-18(10-8-16)28(33)34/h4-11,19-20,22H,12-13H2,1-3H3,(H,26,29)(H,27,31)/t19-,20-,22-/m0/s1. The monoisotopic (exact) mass is 503 g/mol. The highest BCUT2D eigenvalue weighted by Crippen LogP contribution is 2.27. The summed E-state index contributed by atoms with van der Waals surface area (Å²) in [6.07, 6.45) is -0.459. The minimum atomic E-state index is -1.42. The fraction of sp³-hybridized carbons (Fsp3) is 0.333. The van der Waals surface area contributed by atoms with Crippen molar-refractivity contribution in [3.63, 3.8) is 0 Å². The minimum Gasteiger partial charge on any atom is -0.469 e. The zero-order valence-corrected chi connectivity index (χ0v) is 19.9. The third kappa shape index (κ3) is 7.86. The molecule has 2 N–H and O–H groups in total. The van der Waals surface area contributed by atoms with Crippen LogP contribution in [0.5, 0.6) is 0 Å². The lowest BCUT2D eigenvalue weighted by Gasteiger charge is -2.28. The van der Waals surface area contributed by atoms with Crippen LogP contribution in [0, 0.1) is 15.9 Å². The average molecular weight is 503 g/mol. The average Bonchev–Trinajstić information content (AvgIpc) is 2.84. The van der Waals surface area contributed by atoms with E-state index in [2.05, 4.69) is 10.6 Å². The van der Waals surface area contributed by atoms with Gasteiger partial charge in [-0.15, -0.1) is 0 Å². The molecular weight excluding hydrogens is 477 g/mol. The van der Waals surface area contributed by atoms with Crippen LogP contribution in [0.2, 0.25) is 0 Å². The molecule has 11 nitrogen and oxygen atoms in total. The van der Waals surface area contributed by atoms with Crippen LogP contribution < -0.4 is 10.6 Å². The first-order valence-electron chi connectivity index (χ1n) is 10.8. The molecule has 0 radical (unpaired) electrons. The Morgan fingerprint density at radius 2 is 1.69 bits per heavy atom. The van der Waals surface area contributed by atoms with Crippen LogP contribution >= 0.6 is 0 Å². The number of ether oxygens (including phenoxy) is 2. The number of esters is 2. The number of methoxy groups -OCH3 is 2. The van der Waals surface area contributed by atoms with Crippen LogP contribution in [-0.2, 0) is 35.1 Å². The second-order valence-corrected chi connectivity index (χ2v) is 7.83. The van der Waals surface area contributed by atoms with Gasteiger partial charge in [0.15, 0.2) is 0 Å². The van der Waals surface area contributed by atoms with Crippen LogP contribution in [0.3, 0.4) is 0 Å². The zero-order chi connectivity index (χ0) is 26.8. The number of rotatable bonds is 11. The summed E-state index contributed by atoms with van der Waals surface area (Å²) >= 11 is 0. The Kier molecular flexibility index (Phi) is 10.0. The first-order chi connectivity index (χ1) is 17.0. The summed E-state index contributed by atoms with van der Waals surface area (Å²) < 4.78 is 23.2. The number of benzene rings is 2. The van der Waals surface area contributed by atoms with Gasteiger partial charge in [-0.1, -0.05) is 24.3 Å². The Morgan fingerprint density at radius 3 is 2.22 bits per heavy atom. The van der Waals surface area contributed by atoms with Gasteiger partial charge in [0, 0.05) is 31.4 Å². The molecule has 0 aromatic heterocycles. The summed E-state index contributed by atoms with van der Waals surface area (Å²) in [4.78, 5) is 60.2. The third-order valence-corrected chi connectivity index (χ3v) is 5.32. The zero-order valence-electron chi connectivity index (χ0n) is 19.9. The molecule has 0 bridgehead atoms. The molecule has 0 spiro atoms. The van der Waals surface area contributed by atoms with Crippen molar-refractivity contribution in [2.24, 2.45) is 0 Å². The number of non-ortho nitro benzene ring substituents is 1. The van der Waals surface area contributed by atoms with Crippen LogP contribution in [-0.4, -0.2) is 55.0 Å². The van der Waals surface area contributed by atoms with Crippen molar-refractivity contribution in [3.8, 4) is 0 Å². The fourth-order valence-electron chi connectivity index (χ4n) is 3.59. The van der Waals surface area contributed by atoms with Gasteiger partial charge in [0.25, 0.3) is 5.69 Å². The Balaban J connectivity index is 2.42. The Hall–Kier alpha value is -4.35. The van der Waals surface area contributed by atoms with Gasteiger partial charge in [-0.05, 0) is 23.3 Å². The molecule has 2 aromatic carbocycles. The molecule has 0 heterocycles. The molecule has 0 aliphatic heterocycles. The molecule has 0 saturated heterocycles. The van der Waals surface area contributed by atoms with Crippen molar-refractivity contribution < 1.29 is 38.0 Å². The summed E-state index contributed by atoms with van der Waals surface area (Å²) in [5.74, 6) is -4.49. The second kappa shape index (κ2) is 12.9. The van der Waals surface area contributed by atoms with Crippen molar-refractivity contribution in [2.75, 3.05) is 14.2 Å². The first kappa shape index (κ1) is 27.9. The molecule has 2 aromatic rings. The summed E-state index contributed by atoms with van der Waals surface area (Å²) in [5.41, 5.74) is 0.526. The highest BCUT2D eigenvalue weighted by atomic mass is 19.1. The summed E-state index contributed by atoms with van der Waals surface area (Å²) in [6.45, 7) is 1.20. The third-order valence-electron chi connectivity index (χ3n) is 5.32. The van der Waals surface area contributed by atoms with Crippen molar-refractivity contribution >= 4 is 29.4 Å². The Bertz CT molecular complexity index is 1120. The maximum atomic E-state index is 13.6. The van der Waals surface area contributed by atoms with Gasteiger partial charge < -0.3 is 20.1 Å². The van der Waals surface area contributed by atoms with Gasteiger partial charge in [-0.25, -0.2) is 9.18 Å². The molecule has 3 atom stereocenters. The highest BCUT2D eigenvalue weighted by Gasteiger charge is 2.36. The van der Waals surface area contributed by atoms with Gasteiger partial charge in [0.05, 0.1) is 25.6 Å². The van der Waals surface area contributed by atoms with E-state index in [1.165, 1.54) is 49.4 Å². The number of nitrogens with zero attached hydrogens (tertiary/aromatic N) is 1. The molecule has 0 fully saturated rings. The molecule has 2 amide bonds. The highest BCUT2D eigenvalue weighted by molar-refractivity contribution is 5.91. The van der Waals surface area contributed by atoms with Gasteiger partial charge in [-0.2, -0.15) is 0 Å². The molecule has 192 valence electrons. The topological polar surface area (TPSA) is 154 Å². The maximum Gasteiger partial charge on any atom is 0.329 e. The van der Waals surface area contributed by atoms with Crippen molar-refractivity contribution in [2.45, 2.75) is 37.8 Å². The van der Waals surface area contributed by atoms with Gasteiger partial charge in [-0.3, -0.25) is 24.5 Å². The molecule has 0 saturated carbocycles. The molecular formula is C24H26FN3O8. The van der Waals surface area contributed by atoms with Crippen molar-refractivity contribution in [1.82, 2.24) is 10.6 Å². The van der Waals surface area contributed by atoms with Crippen LogP contribution in [0.15, 0.2) is 48.5 Å². The number of hydrogen-bond acceptors (Lipinski definition) is 8. The van der Waals surface area contributed by atoms with E-state index in [0.29, 0.717) is 11.1 Å². The van der Waals surface area contributed by atoms with Crippen molar-refractivity contribution in [3.05, 3.63) is 75.6 Å². The molecule has 0 unspecified atom stereocenters. The van der Waals surface area contributed by atoms with E-state index in [-0.39, 0.29) is 18.5 Å². The summed E-state index contributed by atoms with van der Waals surface area (Å²) in [6, 6.07) is 7.94. The lowest BCUT2D eigenvalue weighted by Crippen LogP contribution is -2.54. The number of amides is 2. The lowest BCUT2D eigenvalue weighted by atomic mass is 9.87. The number of hydrogen-bond donors (Lipinski definition) is 2. The predicted molar refractivity (Wildman–Crippen MR) is 124 cm³/mol. The van der Waals surface area contributed by atoms with E-state index < -0.39 is 52.5 Å². The normalized spacial score (nSPS) is 13.0. The fourth-order valence-corrected chi connectivity index (χ4v) is 3.59. The lowest BCUT2D eigenvalue weighted by molar-refractivity contribution is -0.384. The second-order valence-electron chi connectivity index (χ2n) is 7.83. The number of nitro groups is 1. The van der Waals surface area contributed by atoms with Crippen LogP contribution in [0.1, 0.15) is 30.4 Å². The molecule has 0 aliphatic rings. The largest absolute Gasteiger partial charge is 0.469 e. The van der Waals surface area contributed by atoms with E-state index in [4.69, 9.17) is 9.47 Å². The van der Waals surface area contributed by atoms with E-state index >= 15 is 0 Å². The molecule has 0 aliphatic carbocycles. The smallest absolute Gasteiger partial charge is 0.329 e. The maximum absolute atomic E-state index is 13.6. The summed E-state index contributed by atoms with van der Waals surface area (Å²) in [7, 11) is 2.23. The van der Waals surface area contributed by atoms with E-state index in [1.807, 2.05) is 0 Å². The SMILES string of the molecule is COC(=O)C[C@@H](c1ccc([N+](=O)[O-])cc1)[C@H](NC(=O)[C@H](Cc1cccc(F)c1)NC(C)=O)C(=O)OC. The number of carbonyl (C=O) groups excluding carboxylic acids is 4. The molecule has 12 heteroatoms. The van der Waals surface area contributed by atoms with E-state index in [0.717, 1.165) is 14.2 Å². The van der Waals surface area contributed by atoms with E-state index in [9.17, 15) is 33.7 Å². The quantitative estimate of drug-likeness (QED) is 0.267. The van der Waals surface area contributed by atoms with Gasteiger partial charge >= 0.3 is 11.9 Å². The molecule has 2 rings (SSSR count). The molecule has 36 heavy (non-hydrogen) atoms. The van der Waals surface area contributed by atoms with Gasteiger partial charge in [0.1, 0.15) is 17.9 Å². The predicted octanol–water partition coefficient (Wildman–Crippen LogP) is 1.79. The van der Waals surface area contributed by atoms with Crippen LogP contribution in [0.25, 0.3) is 0 Å². The number of carbonyl (C=O) groups is 4. The van der Waals surface area contributed by atoms with Crippen LogP contribution in [0.4, 0.5) is 10.1 Å². The number of nitrogens with one attached hydrogen (secondary N) is 2. The Labute approximate surface area is 206 Å². The van der Waals surface area contributed by atoms with Crippen molar-refractivity contribution in [1.29, 1.82) is 0 Å². The number of halogens is 1. The first-order valence-corrected chi connectivity index (χ1v) is 10.8.